The second kappa shape index (κ2) is 12.5. The number of imidazole rings is 1. The summed E-state index contributed by atoms with van der Waals surface area (Å²) in [5.74, 6) is -0.223. The number of nitrogens with zero attached hydrogens (tertiary/aromatic N) is 3. The summed E-state index contributed by atoms with van der Waals surface area (Å²) < 4.78 is 80.6. The first-order valence-electron chi connectivity index (χ1n) is 14.8. The molecule has 1 unspecified atom stereocenters. The van der Waals surface area contributed by atoms with Crippen LogP contribution in [0.15, 0.2) is 69.4 Å². The van der Waals surface area contributed by atoms with E-state index in [2.05, 4.69) is 15.0 Å². The van der Waals surface area contributed by atoms with Crippen molar-refractivity contribution in [2.75, 3.05) is 12.3 Å². The van der Waals surface area contributed by atoms with E-state index in [0.29, 0.717) is 0 Å². The minimum absolute atomic E-state index is 0.0382. The maximum absolute atomic E-state index is 13.7. The van der Waals surface area contributed by atoms with E-state index in [9.17, 15) is 21.6 Å². The number of H-pyrrole nitrogens is 1. The molecule has 0 amide bonds. The first-order chi connectivity index (χ1) is 21.8. The van der Waals surface area contributed by atoms with Crippen molar-refractivity contribution >= 4 is 45.7 Å². The maximum Gasteiger partial charge on any atom is 0.297 e. The summed E-state index contributed by atoms with van der Waals surface area (Å²) in [7, 11) is -11.5. The molecule has 5 rings (SSSR count). The first kappa shape index (κ1) is 34.9. The summed E-state index contributed by atoms with van der Waals surface area (Å²) in [4.78, 5) is 23.0. The van der Waals surface area contributed by atoms with Crippen molar-refractivity contribution in [2.45, 2.75) is 87.1 Å². The fourth-order valence-electron chi connectivity index (χ4n) is 4.73. The molecule has 254 valence electrons. The zero-order valence-electron chi connectivity index (χ0n) is 27.1. The number of nitrogen functional groups attached to an aromatic ring is 1. The smallest absolute Gasteiger partial charge is 0.297 e. The van der Waals surface area contributed by atoms with Crippen molar-refractivity contribution in [3.05, 3.63) is 76.3 Å². The lowest BCUT2D eigenvalue weighted by Gasteiger charge is -2.37. The number of nitrogens with two attached hydrogens (primary N) is 1. The van der Waals surface area contributed by atoms with Crippen molar-refractivity contribution in [2.24, 2.45) is 0 Å². The fourth-order valence-corrected chi connectivity index (χ4v) is 7.93. The Kier molecular flexibility index (Phi) is 9.30. The van der Waals surface area contributed by atoms with Crippen LogP contribution in [0, 0.1) is 13.8 Å². The molecular formula is C30H39N5O9S2Si. The molecule has 14 nitrogen and oxygen atoms in total. The standard InChI is InChI=1S/C30H39N5O9S2Si/c1-18-8-12-20(13-9-18)45(37,38)43-24-22(16-41-47(6,7)30(3,4)5)42-28(35-17-32-23-26(35)33-29(31)34-27(23)36)25(24)44-46(39,40)21-14-10-19(2)11-15-21/h8-15,17,22,24-25,28H,16H2,1-7H3,(H3,31,33,34,36)/t22-,24+,25?,28-/m1/s1. The van der Waals surface area contributed by atoms with E-state index >= 15 is 0 Å². The topological polar surface area (TPSA) is 195 Å². The van der Waals surface area contributed by atoms with Gasteiger partial charge in [-0.1, -0.05) is 56.2 Å². The summed E-state index contributed by atoms with van der Waals surface area (Å²) in [6.07, 6.45) is -4.53. The Hall–Kier alpha value is -3.45. The average molecular weight is 706 g/mol. The van der Waals surface area contributed by atoms with Gasteiger partial charge in [0.1, 0.15) is 12.2 Å². The number of hydrogen-bond donors (Lipinski definition) is 2. The van der Waals surface area contributed by atoms with Gasteiger partial charge in [-0.3, -0.25) is 22.7 Å². The van der Waals surface area contributed by atoms with Crippen LogP contribution in [0.2, 0.25) is 18.1 Å². The van der Waals surface area contributed by atoms with E-state index < -0.39 is 58.7 Å². The van der Waals surface area contributed by atoms with Gasteiger partial charge in [0.15, 0.2) is 31.8 Å². The Morgan fingerprint density at radius 3 is 1.94 bits per heavy atom. The summed E-state index contributed by atoms with van der Waals surface area (Å²) in [6, 6.07) is 12.0. The molecule has 0 saturated carbocycles. The third-order valence-electron chi connectivity index (χ3n) is 8.52. The van der Waals surface area contributed by atoms with Gasteiger partial charge in [0.05, 0.1) is 22.7 Å². The maximum atomic E-state index is 13.7. The molecule has 0 bridgehead atoms. The Bertz CT molecular complexity index is 2040. The molecule has 2 aromatic heterocycles. The fraction of sp³-hybridized carbons (Fsp3) is 0.433. The minimum Gasteiger partial charge on any atom is -0.414 e. The number of aryl methyl sites for hydroxylation is 2. The molecule has 47 heavy (non-hydrogen) atoms. The van der Waals surface area contributed by atoms with Gasteiger partial charge in [-0.05, 0) is 56.2 Å². The molecule has 17 heteroatoms. The van der Waals surface area contributed by atoms with Crippen LogP contribution in [0.4, 0.5) is 5.95 Å². The summed E-state index contributed by atoms with van der Waals surface area (Å²) in [5.41, 5.74) is 6.70. The van der Waals surface area contributed by atoms with Crippen LogP contribution >= 0.6 is 0 Å². The van der Waals surface area contributed by atoms with Gasteiger partial charge < -0.3 is 14.9 Å². The summed E-state index contributed by atoms with van der Waals surface area (Å²) >= 11 is 0. The Labute approximate surface area is 274 Å². The zero-order chi connectivity index (χ0) is 34.5. The van der Waals surface area contributed by atoms with Crippen LogP contribution in [0.3, 0.4) is 0 Å². The molecule has 1 saturated heterocycles. The molecule has 1 aliphatic rings. The lowest BCUT2D eigenvalue weighted by Crippen LogP contribution is -2.46. The van der Waals surface area contributed by atoms with Gasteiger partial charge in [0.2, 0.25) is 5.95 Å². The second-order valence-electron chi connectivity index (χ2n) is 13.1. The predicted octanol–water partition coefficient (Wildman–Crippen LogP) is 3.79. The van der Waals surface area contributed by atoms with Crippen LogP contribution in [0.25, 0.3) is 11.2 Å². The van der Waals surface area contributed by atoms with Gasteiger partial charge in [0, 0.05) is 0 Å². The molecule has 2 aromatic carbocycles. The Morgan fingerprint density at radius 2 is 1.43 bits per heavy atom. The molecule has 0 radical (unpaired) electrons. The monoisotopic (exact) mass is 705 g/mol. The number of aromatic amines is 1. The molecule has 4 atom stereocenters. The van der Waals surface area contributed by atoms with E-state index in [1.165, 1.54) is 35.2 Å². The van der Waals surface area contributed by atoms with Gasteiger partial charge in [-0.2, -0.15) is 21.8 Å². The van der Waals surface area contributed by atoms with Crippen molar-refractivity contribution < 1.29 is 34.4 Å². The molecule has 4 aromatic rings. The van der Waals surface area contributed by atoms with E-state index in [1.807, 2.05) is 40.8 Å². The van der Waals surface area contributed by atoms with Crippen molar-refractivity contribution in [1.82, 2.24) is 19.5 Å². The highest BCUT2D eigenvalue weighted by atomic mass is 32.2. The molecule has 0 spiro atoms. The minimum atomic E-state index is -4.54. The normalized spacial score (nSPS) is 21.0. The van der Waals surface area contributed by atoms with E-state index in [1.54, 1.807) is 31.2 Å². The highest BCUT2D eigenvalue weighted by Gasteiger charge is 2.53. The van der Waals surface area contributed by atoms with Crippen LogP contribution in [-0.2, 0) is 37.8 Å². The second-order valence-corrected chi connectivity index (χ2v) is 21.0. The van der Waals surface area contributed by atoms with Gasteiger partial charge in [0.25, 0.3) is 25.8 Å². The lowest BCUT2D eigenvalue weighted by atomic mass is 10.1. The quantitative estimate of drug-likeness (QED) is 0.179. The van der Waals surface area contributed by atoms with Crippen LogP contribution in [0.5, 0.6) is 0 Å². The van der Waals surface area contributed by atoms with E-state index in [0.717, 1.165) is 11.1 Å². The molecule has 3 N–H and O–H groups in total. The summed E-state index contributed by atoms with van der Waals surface area (Å²) in [5, 5.41) is -0.219. The SMILES string of the molecule is Cc1ccc(S(=O)(=O)OC2[C@@H](OS(=O)(=O)c3ccc(C)cc3)[C@@H](CO[Si](C)(C)C(C)(C)C)O[C@H]2n2cnc3c(=O)[nH]c(N)nc32)cc1. The van der Waals surface area contributed by atoms with Crippen LogP contribution in [0.1, 0.15) is 38.1 Å². The highest BCUT2D eigenvalue weighted by Crippen LogP contribution is 2.41. The first-order valence-corrected chi connectivity index (χ1v) is 20.5. The number of anilines is 1. The molecule has 1 fully saturated rings. The van der Waals surface area contributed by atoms with Gasteiger partial charge in [-0.15, -0.1) is 0 Å². The number of nitrogens with one attached hydrogen (secondary N) is 1. The number of benzene rings is 2. The van der Waals surface area contributed by atoms with Gasteiger partial charge in [-0.25, -0.2) is 4.98 Å². The average Bonchev–Trinajstić information content (AvgIpc) is 3.52. The number of ether oxygens (including phenoxy) is 1. The van der Waals surface area contributed by atoms with Crippen molar-refractivity contribution in [3.8, 4) is 0 Å². The van der Waals surface area contributed by atoms with E-state index in [4.69, 9.17) is 23.3 Å². The largest absolute Gasteiger partial charge is 0.414 e. The van der Waals surface area contributed by atoms with Crippen LogP contribution < -0.4 is 11.3 Å². The molecule has 1 aliphatic heterocycles. The molecule has 0 aliphatic carbocycles. The third kappa shape index (κ3) is 7.20. The number of hydrogen-bond acceptors (Lipinski definition) is 12. The van der Waals surface area contributed by atoms with Crippen molar-refractivity contribution in [1.29, 1.82) is 0 Å². The zero-order valence-corrected chi connectivity index (χ0v) is 29.8. The molecular weight excluding hydrogens is 667 g/mol. The Balaban J connectivity index is 1.65. The highest BCUT2D eigenvalue weighted by molar-refractivity contribution is 7.87. The predicted molar refractivity (Wildman–Crippen MR) is 176 cm³/mol. The van der Waals surface area contributed by atoms with Gasteiger partial charge >= 0.3 is 0 Å². The van der Waals surface area contributed by atoms with Crippen molar-refractivity contribution in [3.63, 3.8) is 0 Å². The summed E-state index contributed by atoms with van der Waals surface area (Å²) in [6.45, 7) is 13.6. The Morgan fingerprint density at radius 1 is 0.915 bits per heavy atom. The number of fused-ring (bicyclic) bond motifs is 1. The third-order valence-corrected chi connectivity index (χ3v) is 15.7. The number of aromatic nitrogens is 4. The van der Waals surface area contributed by atoms with E-state index in [-0.39, 0.29) is 38.5 Å². The lowest BCUT2D eigenvalue weighted by molar-refractivity contribution is -0.0445. The molecule has 3 heterocycles. The van der Waals surface area contributed by atoms with Crippen LogP contribution in [-0.4, -0.2) is 69.6 Å². The number of rotatable bonds is 10.